The number of hydrogen-bond donors (Lipinski definition) is 2. The molecule has 2 aromatic heterocycles. The first-order valence-corrected chi connectivity index (χ1v) is 5.30. The Balaban J connectivity index is 2.66. The molecule has 0 aliphatic rings. The number of aromatic hydroxyl groups is 1. The molecule has 1 aromatic carbocycles. The molecule has 0 bridgehead atoms. The maximum absolute atomic E-state index is 9.73. The number of fused-ring (bicyclic) bond motifs is 3. The number of H-pyrrole nitrogens is 1. The molecule has 15 heavy (non-hydrogen) atoms. The molecule has 74 valence electrons. The Morgan fingerprint density at radius 3 is 2.93 bits per heavy atom. The minimum atomic E-state index is 0.0608. The third-order valence-corrected chi connectivity index (χ3v) is 3.07. The average Bonchev–Trinajstić information content (AvgIpc) is 2.64. The van der Waals surface area contributed by atoms with Crippen LogP contribution < -0.4 is 0 Å². The molecular formula is C11H7BrN2O. The second kappa shape index (κ2) is 2.97. The normalized spacial score (nSPS) is 11.3. The Morgan fingerprint density at radius 2 is 2.07 bits per heavy atom. The number of aromatic amines is 1. The molecule has 0 amide bonds. The van der Waals surface area contributed by atoms with E-state index in [9.17, 15) is 5.11 Å². The Labute approximate surface area is 93.9 Å². The average molecular weight is 263 g/mol. The molecule has 0 spiro atoms. The lowest BCUT2D eigenvalue weighted by Crippen LogP contribution is -1.77. The predicted octanol–water partition coefficient (Wildman–Crippen LogP) is 3.18. The van der Waals surface area contributed by atoms with E-state index in [0.717, 1.165) is 26.3 Å². The van der Waals surface area contributed by atoms with E-state index in [2.05, 4.69) is 25.9 Å². The summed E-state index contributed by atoms with van der Waals surface area (Å²) < 4.78 is 0.853. The van der Waals surface area contributed by atoms with Crippen molar-refractivity contribution in [3.8, 4) is 5.88 Å². The molecule has 0 fully saturated rings. The van der Waals surface area contributed by atoms with E-state index in [-0.39, 0.29) is 5.88 Å². The zero-order valence-corrected chi connectivity index (χ0v) is 9.25. The van der Waals surface area contributed by atoms with Crippen molar-refractivity contribution in [1.29, 1.82) is 0 Å². The van der Waals surface area contributed by atoms with Gasteiger partial charge in [-0.25, -0.2) is 4.98 Å². The van der Waals surface area contributed by atoms with Gasteiger partial charge in [0.2, 0.25) is 5.88 Å². The highest BCUT2D eigenvalue weighted by Crippen LogP contribution is 2.34. The first-order valence-electron chi connectivity index (χ1n) is 4.51. The van der Waals surface area contributed by atoms with Crippen LogP contribution in [-0.4, -0.2) is 15.1 Å². The fourth-order valence-electron chi connectivity index (χ4n) is 1.80. The smallest absolute Gasteiger partial charge is 0.221 e. The standard InChI is InChI=1S/C11H7BrN2O/c12-7-5-13-11(15)9-6-3-1-2-4-8(6)14-10(7)9/h1-5,14H,(H,13,15). The molecule has 4 heteroatoms. The van der Waals surface area contributed by atoms with Crippen molar-refractivity contribution in [2.24, 2.45) is 0 Å². The zero-order valence-electron chi connectivity index (χ0n) is 7.66. The van der Waals surface area contributed by atoms with Crippen LogP contribution in [-0.2, 0) is 0 Å². The van der Waals surface area contributed by atoms with E-state index in [1.54, 1.807) is 6.20 Å². The number of para-hydroxylation sites is 1. The molecule has 3 rings (SSSR count). The van der Waals surface area contributed by atoms with Crippen LogP contribution in [0.1, 0.15) is 0 Å². The van der Waals surface area contributed by atoms with Crippen LogP contribution in [0.4, 0.5) is 0 Å². The summed E-state index contributed by atoms with van der Waals surface area (Å²) >= 11 is 3.40. The summed E-state index contributed by atoms with van der Waals surface area (Å²) in [4.78, 5) is 7.16. The number of halogens is 1. The number of pyridine rings is 1. The van der Waals surface area contributed by atoms with Crippen LogP contribution >= 0.6 is 15.9 Å². The van der Waals surface area contributed by atoms with Gasteiger partial charge >= 0.3 is 0 Å². The lowest BCUT2D eigenvalue weighted by molar-refractivity contribution is 0.460. The number of nitrogens with one attached hydrogen (secondary N) is 1. The van der Waals surface area contributed by atoms with Crippen molar-refractivity contribution in [3.05, 3.63) is 34.9 Å². The summed E-state index contributed by atoms with van der Waals surface area (Å²) in [7, 11) is 0. The number of hydrogen-bond acceptors (Lipinski definition) is 2. The van der Waals surface area contributed by atoms with Gasteiger partial charge in [0.1, 0.15) is 0 Å². The molecule has 2 N–H and O–H groups in total. The van der Waals surface area contributed by atoms with Gasteiger partial charge in [-0.3, -0.25) is 0 Å². The molecule has 0 aliphatic carbocycles. The van der Waals surface area contributed by atoms with Gasteiger partial charge < -0.3 is 10.1 Å². The topological polar surface area (TPSA) is 48.9 Å². The van der Waals surface area contributed by atoms with Crippen molar-refractivity contribution >= 4 is 37.7 Å². The van der Waals surface area contributed by atoms with Gasteiger partial charge in [0.15, 0.2) is 0 Å². The van der Waals surface area contributed by atoms with Crippen molar-refractivity contribution in [1.82, 2.24) is 9.97 Å². The number of rotatable bonds is 0. The quantitative estimate of drug-likeness (QED) is 0.654. The Kier molecular flexibility index (Phi) is 1.73. The highest BCUT2D eigenvalue weighted by Gasteiger charge is 2.11. The second-order valence-corrected chi connectivity index (χ2v) is 4.20. The van der Waals surface area contributed by atoms with Gasteiger partial charge in [0, 0.05) is 17.1 Å². The van der Waals surface area contributed by atoms with Gasteiger partial charge in [0.05, 0.1) is 15.4 Å². The minimum Gasteiger partial charge on any atom is -0.493 e. The lowest BCUT2D eigenvalue weighted by Gasteiger charge is -1.96. The molecule has 0 saturated carbocycles. The summed E-state index contributed by atoms with van der Waals surface area (Å²) in [6.45, 7) is 0. The highest BCUT2D eigenvalue weighted by atomic mass is 79.9. The van der Waals surface area contributed by atoms with E-state index in [4.69, 9.17) is 0 Å². The van der Waals surface area contributed by atoms with Gasteiger partial charge in [-0.1, -0.05) is 18.2 Å². The monoisotopic (exact) mass is 262 g/mol. The third kappa shape index (κ3) is 1.15. The van der Waals surface area contributed by atoms with E-state index < -0.39 is 0 Å². The van der Waals surface area contributed by atoms with Crippen LogP contribution in [0.15, 0.2) is 34.9 Å². The van der Waals surface area contributed by atoms with Crippen molar-refractivity contribution in [2.45, 2.75) is 0 Å². The molecule has 0 saturated heterocycles. The predicted molar refractivity (Wildman–Crippen MR) is 63.0 cm³/mol. The largest absolute Gasteiger partial charge is 0.493 e. The highest BCUT2D eigenvalue weighted by molar-refractivity contribution is 9.10. The van der Waals surface area contributed by atoms with Gasteiger partial charge in [0.25, 0.3) is 0 Å². The molecule has 0 atom stereocenters. The number of nitrogens with zero attached hydrogens (tertiary/aromatic N) is 1. The van der Waals surface area contributed by atoms with Crippen LogP contribution in [0.2, 0.25) is 0 Å². The number of aromatic nitrogens is 2. The fourth-order valence-corrected chi connectivity index (χ4v) is 2.20. The van der Waals surface area contributed by atoms with Gasteiger partial charge in [-0.15, -0.1) is 0 Å². The molecule has 3 aromatic rings. The summed E-state index contributed by atoms with van der Waals surface area (Å²) in [5.74, 6) is 0.0608. The summed E-state index contributed by atoms with van der Waals surface area (Å²) in [5, 5.41) is 11.5. The molecule has 0 radical (unpaired) electrons. The second-order valence-electron chi connectivity index (χ2n) is 3.35. The van der Waals surface area contributed by atoms with Crippen LogP contribution in [0, 0.1) is 0 Å². The molecular weight excluding hydrogens is 256 g/mol. The molecule has 0 aliphatic heterocycles. The van der Waals surface area contributed by atoms with Crippen LogP contribution in [0.3, 0.4) is 0 Å². The third-order valence-electron chi connectivity index (χ3n) is 2.47. The van der Waals surface area contributed by atoms with Gasteiger partial charge in [-0.2, -0.15) is 0 Å². The first kappa shape index (κ1) is 8.73. The van der Waals surface area contributed by atoms with Crippen molar-refractivity contribution in [3.63, 3.8) is 0 Å². The summed E-state index contributed by atoms with van der Waals surface area (Å²) in [6, 6.07) is 7.83. The van der Waals surface area contributed by atoms with E-state index in [1.165, 1.54) is 0 Å². The molecule has 2 heterocycles. The summed E-state index contributed by atoms with van der Waals surface area (Å²) in [6.07, 6.45) is 1.59. The van der Waals surface area contributed by atoms with Crippen LogP contribution in [0.5, 0.6) is 5.88 Å². The van der Waals surface area contributed by atoms with E-state index in [1.807, 2.05) is 24.3 Å². The first-order chi connectivity index (χ1) is 7.27. The Hall–Kier alpha value is -1.55. The molecule has 0 unspecified atom stereocenters. The van der Waals surface area contributed by atoms with Gasteiger partial charge in [-0.05, 0) is 22.0 Å². The Bertz CT molecular complexity index is 660. The van der Waals surface area contributed by atoms with Crippen molar-refractivity contribution in [2.75, 3.05) is 0 Å². The fraction of sp³-hybridized carbons (Fsp3) is 0. The van der Waals surface area contributed by atoms with E-state index in [0.29, 0.717) is 0 Å². The van der Waals surface area contributed by atoms with Crippen molar-refractivity contribution < 1.29 is 5.11 Å². The van der Waals surface area contributed by atoms with Crippen LogP contribution in [0.25, 0.3) is 21.8 Å². The summed E-state index contributed by atoms with van der Waals surface area (Å²) in [5.41, 5.74) is 1.88. The SMILES string of the molecule is Oc1ncc(Br)c2[nH]c3ccccc3c12. The Morgan fingerprint density at radius 1 is 1.27 bits per heavy atom. The zero-order chi connectivity index (χ0) is 10.4. The number of benzene rings is 1. The lowest BCUT2D eigenvalue weighted by atomic mass is 10.2. The minimum absolute atomic E-state index is 0.0608. The van der Waals surface area contributed by atoms with E-state index >= 15 is 0 Å². The maximum atomic E-state index is 9.73. The maximum Gasteiger partial charge on any atom is 0.221 e. The molecule has 3 nitrogen and oxygen atoms in total.